The number of carbonyl (C=O) groups is 1. The minimum Gasteiger partial charge on any atom is -0.506 e. The number of aliphatic hydroxyl groups excluding tert-OH is 1. The molecule has 0 saturated heterocycles. The molecule has 120 valence electrons. The molecule has 0 atom stereocenters. The second-order valence-electron chi connectivity index (χ2n) is 4.77. The van der Waals surface area contributed by atoms with Gasteiger partial charge in [0.1, 0.15) is 5.76 Å². The third-order valence-electron chi connectivity index (χ3n) is 3.03. The lowest BCUT2D eigenvalue weighted by Gasteiger charge is -2.13. The maximum Gasteiger partial charge on any atom is 0.455 e. The van der Waals surface area contributed by atoms with Crippen LogP contribution in [0.5, 0.6) is 0 Å². The highest BCUT2D eigenvalue weighted by Gasteiger charge is 2.44. The SMILES string of the molecule is Cc1cccc(C(=N)/C(C(=O)C(F)(F)F)=C(\O)c2cccs2)c1. The fourth-order valence-electron chi connectivity index (χ4n) is 1.96. The van der Waals surface area contributed by atoms with Gasteiger partial charge >= 0.3 is 6.18 Å². The molecule has 1 heterocycles. The molecule has 0 radical (unpaired) electrons. The molecule has 0 amide bonds. The Morgan fingerprint density at radius 3 is 2.43 bits per heavy atom. The van der Waals surface area contributed by atoms with Crippen molar-refractivity contribution in [1.29, 1.82) is 5.41 Å². The number of carbonyl (C=O) groups excluding carboxylic acids is 1. The van der Waals surface area contributed by atoms with Crippen molar-refractivity contribution in [2.24, 2.45) is 0 Å². The van der Waals surface area contributed by atoms with Crippen molar-refractivity contribution < 1.29 is 23.1 Å². The van der Waals surface area contributed by atoms with E-state index in [-0.39, 0.29) is 10.4 Å². The first kappa shape index (κ1) is 17.0. The van der Waals surface area contributed by atoms with Gasteiger partial charge in [-0.15, -0.1) is 11.3 Å². The molecule has 23 heavy (non-hydrogen) atoms. The summed E-state index contributed by atoms with van der Waals surface area (Å²) in [5.74, 6) is -3.08. The Morgan fingerprint density at radius 2 is 1.91 bits per heavy atom. The third-order valence-corrected chi connectivity index (χ3v) is 3.91. The standard InChI is InChI=1S/C16H12F3NO2S/c1-9-4-2-5-10(8-9)13(20)12(15(22)16(17,18)19)14(21)11-6-3-7-23-11/h2-8,20-21H,1H3/b14-12+,20-13?. The van der Waals surface area contributed by atoms with E-state index < -0.39 is 29.0 Å². The molecule has 0 aliphatic rings. The summed E-state index contributed by atoms with van der Waals surface area (Å²) in [6, 6.07) is 9.09. The number of hydrogen-bond donors (Lipinski definition) is 2. The Balaban J connectivity index is 2.61. The van der Waals surface area contributed by atoms with Crippen LogP contribution in [-0.2, 0) is 4.79 Å². The second-order valence-corrected chi connectivity index (χ2v) is 5.72. The molecule has 0 spiro atoms. The molecule has 0 fully saturated rings. The van der Waals surface area contributed by atoms with Crippen molar-refractivity contribution in [2.75, 3.05) is 0 Å². The summed E-state index contributed by atoms with van der Waals surface area (Å²) >= 11 is 0.979. The van der Waals surface area contributed by atoms with E-state index in [2.05, 4.69) is 0 Å². The number of aryl methyl sites for hydroxylation is 1. The molecule has 0 unspecified atom stereocenters. The molecule has 1 aromatic carbocycles. The van der Waals surface area contributed by atoms with Crippen LogP contribution in [0.25, 0.3) is 5.76 Å². The van der Waals surface area contributed by atoms with Gasteiger partial charge in [-0.1, -0.05) is 29.8 Å². The van der Waals surface area contributed by atoms with E-state index in [0.717, 1.165) is 16.9 Å². The number of rotatable bonds is 4. The molecule has 2 aromatic rings. The molecule has 7 heteroatoms. The van der Waals surface area contributed by atoms with Gasteiger partial charge < -0.3 is 5.11 Å². The van der Waals surface area contributed by atoms with Crippen molar-refractivity contribution in [3.8, 4) is 0 Å². The minimum absolute atomic E-state index is 0.0926. The third kappa shape index (κ3) is 3.68. The van der Waals surface area contributed by atoms with Crippen LogP contribution in [0.2, 0.25) is 0 Å². The Morgan fingerprint density at radius 1 is 1.22 bits per heavy atom. The summed E-state index contributed by atoms with van der Waals surface area (Å²) in [5.41, 5.74) is -0.866. The van der Waals surface area contributed by atoms with Crippen LogP contribution in [0, 0.1) is 12.3 Å². The zero-order chi connectivity index (χ0) is 17.2. The quantitative estimate of drug-likeness (QED) is 0.488. The molecular formula is C16H12F3NO2S. The average molecular weight is 339 g/mol. The number of thiophene rings is 1. The van der Waals surface area contributed by atoms with Crippen molar-refractivity contribution >= 4 is 28.6 Å². The molecule has 3 nitrogen and oxygen atoms in total. The summed E-state index contributed by atoms with van der Waals surface area (Å²) < 4.78 is 38.6. The molecule has 2 rings (SSSR count). The zero-order valence-electron chi connectivity index (χ0n) is 11.9. The number of nitrogens with one attached hydrogen (secondary N) is 1. The number of hydrogen-bond acceptors (Lipinski definition) is 4. The molecule has 0 aliphatic heterocycles. The van der Waals surface area contributed by atoms with E-state index in [1.807, 2.05) is 0 Å². The molecule has 1 aromatic heterocycles. The van der Waals surface area contributed by atoms with Crippen LogP contribution >= 0.6 is 11.3 Å². The Hall–Kier alpha value is -2.41. The van der Waals surface area contributed by atoms with Crippen LogP contribution in [0.3, 0.4) is 0 Å². The Bertz CT molecular complexity index is 777. The van der Waals surface area contributed by atoms with E-state index in [4.69, 9.17) is 5.41 Å². The highest BCUT2D eigenvalue weighted by Crippen LogP contribution is 2.29. The lowest BCUT2D eigenvalue weighted by Crippen LogP contribution is -2.29. The maximum atomic E-state index is 12.9. The van der Waals surface area contributed by atoms with Gasteiger partial charge in [-0.25, -0.2) is 0 Å². The van der Waals surface area contributed by atoms with Gasteiger partial charge in [0.2, 0.25) is 0 Å². The number of alkyl halides is 3. The number of ketones is 1. The van der Waals surface area contributed by atoms with E-state index in [1.54, 1.807) is 24.4 Å². The van der Waals surface area contributed by atoms with Crippen molar-refractivity contribution in [2.45, 2.75) is 13.1 Å². The van der Waals surface area contributed by atoms with Crippen LogP contribution in [0.1, 0.15) is 16.0 Å². The van der Waals surface area contributed by atoms with Crippen molar-refractivity contribution in [3.05, 3.63) is 63.4 Å². The number of Topliss-reactive ketones (excluding diaryl/α,β-unsaturated/α-hetero) is 1. The van der Waals surface area contributed by atoms with Gasteiger partial charge in [-0.05, 0) is 24.4 Å². The summed E-state index contributed by atoms with van der Waals surface area (Å²) in [6.45, 7) is 1.71. The Kier molecular flexibility index (Phi) is 4.70. The lowest BCUT2D eigenvalue weighted by molar-refractivity contribution is -0.165. The van der Waals surface area contributed by atoms with Gasteiger partial charge in [-0.3, -0.25) is 10.2 Å². The number of halogens is 3. The maximum absolute atomic E-state index is 12.9. The first-order valence-corrected chi connectivity index (χ1v) is 7.34. The fraction of sp³-hybridized carbons (Fsp3) is 0.125. The van der Waals surface area contributed by atoms with Gasteiger partial charge in [0, 0.05) is 5.56 Å². The summed E-state index contributed by atoms with van der Waals surface area (Å²) in [7, 11) is 0. The van der Waals surface area contributed by atoms with E-state index in [9.17, 15) is 23.1 Å². The number of aliphatic hydroxyl groups is 1. The van der Waals surface area contributed by atoms with Crippen molar-refractivity contribution in [3.63, 3.8) is 0 Å². The van der Waals surface area contributed by atoms with E-state index in [0.29, 0.717) is 0 Å². The smallest absolute Gasteiger partial charge is 0.455 e. The Labute approximate surface area is 134 Å². The van der Waals surface area contributed by atoms with Gasteiger partial charge in [0.05, 0.1) is 16.2 Å². The first-order chi connectivity index (χ1) is 10.7. The predicted molar refractivity (Wildman–Crippen MR) is 82.9 cm³/mol. The molecular weight excluding hydrogens is 327 g/mol. The van der Waals surface area contributed by atoms with Crippen LogP contribution in [0.15, 0.2) is 47.4 Å². The summed E-state index contributed by atoms with van der Waals surface area (Å²) in [4.78, 5) is 11.8. The highest BCUT2D eigenvalue weighted by molar-refractivity contribution is 7.11. The van der Waals surface area contributed by atoms with E-state index >= 15 is 0 Å². The van der Waals surface area contributed by atoms with Crippen LogP contribution in [0.4, 0.5) is 13.2 Å². The highest BCUT2D eigenvalue weighted by atomic mass is 32.1. The largest absolute Gasteiger partial charge is 0.506 e. The summed E-state index contributed by atoms with van der Waals surface area (Å²) in [5, 5.41) is 19.7. The minimum atomic E-state index is -5.18. The molecule has 2 N–H and O–H groups in total. The second kappa shape index (κ2) is 6.37. The zero-order valence-corrected chi connectivity index (χ0v) is 12.8. The first-order valence-electron chi connectivity index (χ1n) is 6.46. The normalized spacial score (nSPS) is 12.7. The van der Waals surface area contributed by atoms with Gasteiger partial charge in [-0.2, -0.15) is 13.2 Å². The topological polar surface area (TPSA) is 61.2 Å². The van der Waals surface area contributed by atoms with Crippen LogP contribution < -0.4 is 0 Å². The summed E-state index contributed by atoms with van der Waals surface area (Å²) in [6.07, 6.45) is -5.18. The number of benzene rings is 1. The monoisotopic (exact) mass is 339 g/mol. The average Bonchev–Trinajstić information content (AvgIpc) is 3.00. The van der Waals surface area contributed by atoms with Gasteiger partial charge in [0.15, 0.2) is 0 Å². The van der Waals surface area contributed by atoms with Gasteiger partial charge in [0.25, 0.3) is 5.78 Å². The van der Waals surface area contributed by atoms with Crippen molar-refractivity contribution in [1.82, 2.24) is 0 Å². The molecule has 0 saturated carbocycles. The fourth-order valence-corrected chi connectivity index (χ4v) is 2.64. The predicted octanol–water partition coefficient (Wildman–Crippen LogP) is 4.53. The lowest BCUT2D eigenvalue weighted by atomic mass is 9.96. The van der Waals surface area contributed by atoms with E-state index in [1.165, 1.54) is 24.3 Å². The number of allylic oxidation sites excluding steroid dienone is 1. The molecule has 0 bridgehead atoms. The molecule has 0 aliphatic carbocycles. The van der Waals surface area contributed by atoms with Crippen LogP contribution in [-0.4, -0.2) is 22.8 Å².